The van der Waals surface area contributed by atoms with Crippen molar-refractivity contribution in [2.24, 2.45) is 0 Å². The fourth-order valence-corrected chi connectivity index (χ4v) is 3.14. The molecular weight excluding hydrogens is 424 g/mol. The van der Waals surface area contributed by atoms with Gasteiger partial charge in [0.2, 0.25) is 0 Å². The van der Waals surface area contributed by atoms with E-state index in [1.54, 1.807) is 6.92 Å². The zero-order valence-electron chi connectivity index (χ0n) is 17.0. The van der Waals surface area contributed by atoms with Crippen LogP contribution in [0.1, 0.15) is 40.3 Å². The molecule has 0 bridgehead atoms. The van der Waals surface area contributed by atoms with E-state index in [4.69, 9.17) is 14.3 Å². The molecule has 30 heavy (non-hydrogen) atoms. The molecule has 0 amide bonds. The minimum absolute atomic E-state index is 0.339. The molecule has 2 unspecified atom stereocenters. The lowest BCUT2D eigenvalue weighted by Gasteiger charge is -2.25. The Bertz CT molecular complexity index is 875. The number of aliphatic hydroxyl groups is 1. The summed E-state index contributed by atoms with van der Waals surface area (Å²) in [5.41, 5.74) is -3.98. The van der Waals surface area contributed by atoms with E-state index in [9.17, 15) is 24.1 Å². The number of nitrogens with zero attached hydrogens (tertiary/aromatic N) is 2. The quantitative estimate of drug-likeness (QED) is 0.317. The van der Waals surface area contributed by atoms with Gasteiger partial charge in [0.1, 0.15) is 18.2 Å². The Labute approximate surface area is 172 Å². The maximum atomic E-state index is 15.1. The highest BCUT2D eigenvalue weighted by Crippen LogP contribution is 2.40. The molecule has 1 aromatic heterocycles. The third-order valence-corrected chi connectivity index (χ3v) is 5.46. The first-order valence-electron chi connectivity index (χ1n) is 9.32. The first kappa shape index (κ1) is 24.3. The molecule has 168 valence electrons. The van der Waals surface area contributed by atoms with Crippen LogP contribution in [-0.2, 0) is 23.7 Å². The Morgan fingerprint density at radius 3 is 2.73 bits per heavy atom. The molecule has 2 heterocycles. The van der Waals surface area contributed by atoms with Gasteiger partial charge in [-0.1, -0.05) is 11.8 Å². The summed E-state index contributed by atoms with van der Waals surface area (Å²) >= 11 is 0. The van der Waals surface area contributed by atoms with E-state index >= 15 is 4.39 Å². The van der Waals surface area contributed by atoms with Crippen molar-refractivity contribution in [3.63, 3.8) is 0 Å². The Morgan fingerprint density at radius 2 is 2.17 bits per heavy atom. The van der Waals surface area contributed by atoms with Crippen LogP contribution in [0.4, 0.5) is 4.39 Å². The van der Waals surface area contributed by atoms with Crippen LogP contribution in [0.15, 0.2) is 21.9 Å². The second-order valence-electron chi connectivity index (χ2n) is 7.15. The maximum Gasteiger partial charge on any atom is 0.330 e. The van der Waals surface area contributed by atoms with Crippen molar-refractivity contribution in [3.8, 4) is 0 Å². The number of esters is 1. The van der Waals surface area contributed by atoms with Gasteiger partial charge >= 0.3 is 11.7 Å². The Balaban J connectivity index is 2.09. The van der Waals surface area contributed by atoms with Gasteiger partial charge in [-0.2, -0.15) is 0 Å². The number of aromatic amines is 1. The van der Waals surface area contributed by atoms with Crippen molar-refractivity contribution in [1.29, 1.82) is 0 Å². The summed E-state index contributed by atoms with van der Waals surface area (Å²) in [7, 11) is -0.661. The van der Waals surface area contributed by atoms with Gasteiger partial charge in [-0.15, -0.1) is 0 Å². The van der Waals surface area contributed by atoms with Crippen molar-refractivity contribution in [3.05, 3.63) is 33.1 Å². The molecule has 2 rings (SSSR count). The molecule has 11 nitrogen and oxygen atoms in total. The third kappa shape index (κ3) is 5.19. The van der Waals surface area contributed by atoms with E-state index in [1.807, 2.05) is 11.9 Å². The minimum atomic E-state index is -2.41. The summed E-state index contributed by atoms with van der Waals surface area (Å²) < 4.78 is 38.0. The lowest BCUT2D eigenvalue weighted by atomic mass is 9.98. The Kier molecular flexibility index (Phi) is 8.00. The van der Waals surface area contributed by atoms with Crippen LogP contribution in [-0.4, -0.2) is 62.1 Å². The third-order valence-electron chi connectivity index (χ3n) is 4.84. The number of nitrogens with one attached hydrogen (secondary N) is 1. The van der Waals surface area contributed by atoms with Crippen LogP contribution in [0.5, 0.6) is 0 Å². The summed E-state index contributed by atoms with van der Waals surface area (Å²) in [5, 5.41) is 10.3. The highest BCUT2D eigenvalue weighted by atomic mass is 31.1. The van der Waals surface area contributed by atoms with Crippen LogP contribution in [0.3, 0.4) is 0 Å². The smallest absolute Gasteiger partial charge is 0.330 e. The predicted octanol–water partition coefficient (Wildman–Crippen LogP) is 0.694. The van der Waals surface area contributed by atoms with Crippen molar-refractivity contribution in [2.75, 3.05) is 6.61 Å². The van der Waals surface area contributed by atoms with Gasteiger partial charge in [0.05, 0.1) is 12.7 Å². The zero-order valence-corrected chi connectivity index (χ0v) is 17.9. The molecule has 1 saturated heterocycles. The molecule has 13 heteroatoms. The van der Waals surface area contributed by atoms with E-state index in [-0.39, 0.29) is 6.10 Å². The molecule has 2 N–H and O–H groups in total. The largest absolute Gasteiger partial charge is 0.461 e. The Hall–Kier alpha value is -1.98. The predicted molar refractivity (Wildman–Crippen MR) is 101 cm³/mol. The number of rotatable bonds is 9. The molecular formula is C17H25FN3O8P. The van der Waals surface area contributed by atoms with Gasteiger partial charge in [-0.05, 0) is 27.2 Å². The number of H-pyrrole nitrogens is 1. The number of hydrogen-bond acceptors (Lipinski definition) is 8. The normalized spacial score (nSPS) is 28.6. The number of alkyl halides is 1. The summed E-state index contributed by atoms with van der Waals surface area (Å²) in [5.74, 6) is -0.673. The zero-order chi connectivity index (χ0) is 22.6. The van der Waals surface area contributed by atoms with Crippen molar-refractivity contribution >= 4 is 14.6 Å². The van der Waals surface area contributed by atoms with Gasteiger partial charge in [0.15, 0.2) is 11.9 Å². The molecule has 1 fully saturated rings. The van der Waals surface area contributed by atoms with Crippen LogP contribution >= 0.6 is 8.61 Å². The fourth-order valence-electron chi connectivity index (χ4n) is 2.79. The van der Waals surface area contributed by atoms with E-state index in [2.05, 4.69) is 0 Å². The number of carbonyl (C=O) groups excluding carboxylic acids is 1. The number of hydroxylamine groups is 1. The van der Waals surface area contributed by atoms with Crippen LogP contribution in [0, 0.1) is 0 Å². The summed E-state index contributed by atoms with van der Waals surface area (Å²) in [6.07, 6.45) is -3.21. The molecule has 0 aliphatic carbocycles. The summed E-state index contributed by atoms with van der Waals surface area (Å²) in [6.45, 7) is 5.51. The number of halogens is 1. The van der Waals surface area contributed by atoms with E-state index in [1.165, 1.54) is 6.92 Å². The average Bonchev–Trinajstić information content (AvgIpc) is 2.91. The second kappa shape index (κ2) is 9.88. The molecule has 1 aliphatic heterocycles. The number of ether oxygens (including phenoxy) is 2. The number of aliphatic hydroxyl groups excluding tert-OH is 1. The van der Waals surface area contributed by atoms with Crippen LogP contribution in [0.25, 0.3) is 0 Å². The Morgan fingerprint density at radius 1 is 1.50 bits per heavy atom. The summed E-state index contributed by atoms with van der Waals surface area (Å²) in [6, 6.07) is -0.0363. The maximum absolute atomic E-state index is 15.1. The van der Waals surface area contributed by atoms with Gasteiger partial charge in [-0.3, -0.25) is 28.5 Å². The highest BCUT2D eigenvalue weighted by molar-refractivity contribution is 7.20. The lowest BCUT2D eigenvalue weighted by Crippen LogP contribution is -2.44. The minimum Gasteiger partial charge on any atom is -0.461 e. The molecule has 1 aliphatic rings. The molecule has 0 saturated carbocycles. The van der Waals surface area contributed by atoms with Crippen molar-refractivity contribution in [2.45, 2.75) is 70.4 Å². The average molecular weight is 449 g/mol. The van der Waals surface area contributed by atoms with E-state index in [0.717, 1.165) is 28.6 Å². The van der Waals surface area contributed by atoms with Crippen LogP contribution in [0.2, 0.25) is 0 Å². The first-order valence-corrected chi connectivity index (χ1v) is 10.1. The van der Waals surface area contributed by atoms with E-state index in [0.29, 0.717) is 6.42 Å². The summed E-state index contributed by atoms with van der Waals surface area (Å²) in [4.78, 5) is 43.3. The SMILES string of the molecule is CCC(C)OC(=O)C(C)N(OC[C@H]1O[C@@H](n2ccc(=O)[nH]c2=O)[C@](C)(F)[C@@H]1O)P=O. The highest BCUT2D eigenvalue weighted by Gasteiger charge is 2.55. The monoisotopic (exact) mass is 449 g/mol. The number of carbonyl (C=O) groups is 1. The van der Waals surface area contributed by atoms with Gasteiger partial charge in [-0.25, -0.2) is 9.18 Å². The molecule has 0 spiro atoms. The molecule has 6 atom stereocenters. The number of aromatic nitrogens is 2. The van der Waals surface area contributed by atoms with Gasteiger partial charge in [0, 0.05) is 12.3 Å². The molecule has 0 aromatic carbocycles. The van der Waals surface area contributed by atoms with Crippen LogP contribution < -0.4 is 11.2 Å². The molecule has 1 aromatic rings. The van der Waals surface area contributed by atoms with Gasteiger partial charge < -0.3 is 14.6 Å². The molecule has 0 radical (unpaired) electrons. The fraction of sp³-hybridized carbons (Fsp3) is 0.706. The number of hydrogen-bond donors (Lipinski definition) is 2. The lowest BCUT2D eigenvalue weighted by molar-refractivity contribution is -0.180. The topological polar surface area (TPSA) is 140 Å². The van der Waals surface area contributed by atoms with Crippen molar-refractivity contribution in [1.82, 2.24) is 14.4 Å². The second-order valence-corrected chi connectivity index (χ2v) is 7.71. The standard InChI is InChI=1S/C17H25FN3O8P/c1-5-9(2)28-14(24)10(3)21(30-26)27-8-11-13(23)17(4,18)15(29-11)20-7-6-12(22)19-16(20)25/h6-7,9-11,13,15,23H,5,8H2,1-4H3,(H,19,22,25)/t9?,10?,11-,13-,15-,17-/m1/s1. The van der Waals surface area contributed by atoms with Gasteiger partial charge in [0.25, 0.3) is 14.2 Å². The first-order chi connectivity index (χ1) is 14.0. The van der Waals surface area contributed by atoms with Crippen molar-refractivity contribution < 1.29 is 33.2 Å². The van der Waals surface area contributed by atoms with E-state index < -0.39 is 62.6 Å².